The van der Waals surface area contributed by atoms with E-state index in [1.807, 2.05) is 55.5 Å². The van der Waals surface area contributed by atoms with E-state index in [0.29, 0.717) is 5.16 Å². The maximum absolute atomic E-state index is 12.2. The van der Waals surface area contributed by atoms with Crippen molar-refractivity contribution in [2.75, 3.05) is 29.4 Å². The van der Waals surface area contributed by atoms with E-state index in [1.165, 1.54) is 16.4 Å². The molecular weight excluding hydrogens is 390 g/mol. The van der Waals surface area contributed by atoms with Gasteiger partial charge in [-0.05, 0) is 48.4 Å². The predicted molar refractivity (Wildman–Crippen MR) is 115 cm³/mol. The first-order valence-corrected chi connectivity index (χ1v) is 9.67. The lowest BCUT2D eigenvalue weighted by Gasteiger charge is -2.07. The zero-order valence-electron chi connectivity index (χ0n) is 16.0. The number of aryl methyl sites for hydroxylation is 1. The number of anilines is 2. The molecule has 0 saturated carbocycles. The number of thioether (sulfide) groups is 1. The van der Waals surface area contributed by atoms with Crippen molar-refractivity contribution in [1.82, 2.24) is 14.9 Å². The minimum atomic E-state index is -0.153. The Bertz CT molecular complexity index is 1000. The molecule has 10 heteroatoms. The van der Waals surface area contributed by atoms with Gasteiger partial charge in [-0.1, -0.05) is 30.0 Å². The third-order valence-electron chi connectivity index (χ3n) is 3.91. The van der Waals surface area contributed by atoms with Crippen LogP contribution in [0, 0.1) is 6.92 Å². The molecule has 0 aliphatic rings. The number of nitrogens with zero attached hydrogens (tertiary/aromatic N) is 4. The fourth-order valence-corrected chi connectivity index (χ4v) is 2.99. The largest absolute Gasteiger partial charge is 0.497 e. The fraction of sp³-hybridized carbons (Fsp3) is 0.158. The second kappa shape index (κ2) is 9.60. The summed E-state index contributed by atoms with van der Waals surface area (Å²) in [4.78, 5) is 12.2. The number of nitrogens with two attached hydrogens (primary N) is 1. The summed E-state index contributed by atoms with van der Waals surface area (Å²) in [6, 6.07) is 15.0. The lowest BCUT2D eigenvalue weighted by atomic mass is 10.2. The first kappa shape index (κ1) is 20.2. The van der Waals surface area contributed by atoms with Crippen molar-refractivity contribution < 1.29 is 9.53 Å². The molecule has 0 aliphatic carbocycles. The van der Waals surface area contributed by atoms with Crippen molar-refractivity contribution >= 4 is 35.5 Å². The molecule has 1 amide bonds. The lowest BCUT2D eigenvalue weighted by molar-refractivity contribution is -0.113. The predicted octanol–water partition coefficient (Wildman–Crippen LogP) is 2.49. The molecule has 29 heavy (non-hydrogen) atoms. The zero-order chi connectivity index (χ0) is 20.6. The number of carbonyl (C=O) groups excluding carboxylic acids is 1. The van der Waals surface area contributed by atoms with Gasteiger partial charge < -0.3 is 15.9 Å². The molecule has 0 unspecified atom stereocenters. The van der Waals surface area contributed by atoms with E-state index in [9.17, 15) is 4.79 Å². The van der Waals surface area contributed by atoms with Gasteiger partial charge in [0.1, 0.15) is 5.75 Å². The maximum atomic E-state index is 12.2. The van der Waals surface area contributed by atoms with Gasteiger partial charge in [0.2, 0.25) is 11.1 Å². The topological polar surface area (TPSA) is 119 Å². The van der Waals surface area contributed by atoms with Crippen LogP contribution in [0.5, 0.6) is 5.75 Å². The van der Waals surface area contributed by atoms with E-state index in [2.05, 4.69) is 26.0 Å². The van der Waals surface area contributed by atoms with Gasteiger partial charge in [0, 0.05) is 5.69 Å². The number of para-hydroxylation sites is 1. The number of hydrazone groups is 1. The second-order valence-electron chi connectivity index (χ2n) is 5.97. The molecule has 2 aromatic carbocycles. The summed E-state index contributed by atoms with van der Waals surface area (Å²) < 4.78 is 6.36. The number of aromatic nitrogens is 3. The van der Waals surface area contributed by atoms with Gasteiger partial charge in [-0.25, -0.2) is 10.1 Å². The quantitative estimate of drug-likeness (QED) is 0.225. The van der Waals surface area contributed by atoms with Gasteiger partial charge >= 0.3 is 0 Å². The minimum absolute atomic E-state index is 0.152. The van der Waals surface area contributed by atoms with Gasteiger partial charge in [0.15, 0.2) is 0 Å². The number of nitrogen functional groups attached to an aromatic ring is 1. The third kappa shape index (κ3) is 5.48. The van der Waals surface area contributed by atoms with Crippen LogP contribution in [0.2, 0.25) is 0 Å². The number of hydrogen-bond donors (Lipinski definition) is 3. The average molecular weight is 411 g/mol. The Balaban J connectivity index is 1.52. The number of carbonyl (C=O) groups is 1. The van der Waals surface area contributed by atoms with Gasteiger partial charge in [-0.15, -0.1) is 10.2 Å². The van der Waals surface area contributed by atoms with Gasteiger partial charge in [0.25, 0.3) is 5.95 Å². The highest BCUT2D eigenvalue weighted by Gasteiger charge is 2.12. The van der Waals surface area contributed by atoms with Crippen molar-refractivity contribution in [2.24, 2.45) is 5.10 Å². The van der Waals surface area contributed by atoms with Crippen LogP contribution < -0.4 is 21.3 Å². The minimum Gasteiger partial charge on any atom is -0.497 e. The van der Waals surface area contributed by atoms with Crippen LogP contribution >= 0.6 is 11.8 Å². The Hall–Kier alpha value is -3.53. The van der Waals surface area contributed by atoms with E-state index in [-0.39, 0.29) is 17.6 Å². The molecule has 1 aromatic heterocycles. The monoisotopic (exact) mass is 411 g/mol. The van der Waals surface area contributed by atoms with E-state index < -0.39 is 0 Å². The molecule has 0 fully saturated rings. The molecule has 0 saturated heterocycles. The number of amides is 1. The maximum Gasteiger partial charge on any atom is 0.264 e. The number of hydrogen-bond acceptors (Lipinski definition) is 8. The molecule has 1 heterocycles. The Morgan fingerprint density at radius 3 is 2.72 bits per heavy atom. The van der Waals surface area contributed by atoms with E-state index in [0.717, 1.165) is 22.6 Å². The van der Waals surface area contributed by atoms with E-state index >= 15 is 0 Å². The zero-order valence-corrected chi connectivity index (χ0v) is 16.8. The van der Waals surface area contributed by atoms with Crippen LogP contribution in [-0.4, -0.2) is 39.9 Å². The molecule has 0 atom stereocenters. The smallest absolute Gasteiger partial charge is 0.264 e. The summed E-state index contributed by atoms with van der Waals surface area (Å²) in [6.45, 7) is 1.93. The van der Waals surface area contributed by atoms with E-state index in [4.69, 9.17) is 10.6 Å². The second-order valence-corrected chi connectivity index (χ2v) is 6.91. The SMILES string of the molecule is COc1ccc(/C=N/Nc2nnc(SCC(=O)Nc3ccccc3C)n2N)cc1. The number of rotatable bonds is 8. The summed E-state index contributed by atoms with van der Waals surface area (Å²) >= 11 is 1.18. The summed E-state index contributed by atoms with van der Waals surface area (Å²) in [5.74, 6) is 7.00. The Morgan fingerprint density at radius 2 is 2.00 bits per heavy atom. The van der Waals surface area contributed by atoms with Gasteiger partial charge in [-0.2, -0.15) is 5.10 Å². The fourth-order valence-electron chi connectivity index (χ4n) is 2.34. The molecule has 150 valence electrons. The van der Waals surface area contributed by atoms with Crippen LogP contribution in [0.4, 0.5) is 11.6 Å². The third-order valence-corrected chi connectivity index (χ3v) is 4.85. The standard InChI is InChI=1S/C19H21N7O2S/c1-13-5-3-4-6-16(13)22-17(27)12-29-19-25-24-18(26(19)20)23-21-11-14-7-9-15(28-2)10-8-14/h3-11H,12,20H2,1-2H3,(H,22,27)(H,23,24)/b21-11+. The Labute approximate surface area is 172 Å². The lowest BCUT2D eigenvalue weighted by Crippen LogP contribution is -2.17. The number of benzene rings is 2. The van der Waals surface area contributed by atoms with Crippen LogP contribution in [0.1, 0.15) is 11.1 Å². The molecule has 0 bridgehead atoms. The van der Waals surface area contributed by atoms with Crippen LogP contribution in [-0.2, 0) is 4.79 Å². The normalized spacial score (nSPS) is 10.8. The highest BCUT2D eigenvalue weighted by molar-refractivity contribution is 7.99. The highest BCUT2D eigenvalue weighted by atomic mass is 32.2. The Morgan fingerprint density at radius 1 is 1.24 bits per heavy atom. The highest BCUT2D eigenvalue weighted by Crippen LogP contribution is 2.18. The van der Waals surface area contributed by atoms with Crippen molar-refractivity contribution in [3.8, 4) is 5.75 Å². The van der Waals surface area contributed by atoms with Crippen LogP contribution in [0.25, 0.3) is 0 Å². The number of ether oxygens (including phenoxy) is 1. The molecule has 0 spiro atoms. The summed E-state index contributed by atoms with van der Waals surface area (Å²) in [5, 5.41) is 15.3. The van der Waals surface area contributed by atoms with Crippen LogP contribution in [0.3, 0.4) is 0 Å². The molecule has 3 rings (SSSR count). The van der Waals surface area contributed by atoms with Gasteiger partial charge in [-0.3, -0.25) is 4.79 Å². The molecular formula is C19H21N7O2S. The van der Waals surface area contributed by atoms with Crippen molar-refractivity contribution in [2.45, 2.75) is 12.1 Å². The molecule has 3 aromatic rings. The average Bonchev–Trinajstić information content (AvgIpc) is 3.08. The number of nitrogens with one attached hydrogen (secondary N) is 2. The van der Waals surface area contributed by atoms with Crippen molar-refractivity contribution in [3.63, 3.8) is 0 Å². The van der Waals surface area contributed by atoms with Crippen LogP contribution in [0.15, 0.2) is 58.8 Å². The molecule has 9 nitrogen and oxygen atoms in total. The number of methoxy groups -OCH3 is 1. The molecule has 4 N–H and O–H groups in total. The first-order chi connectivity index (χ1) is 14.1. The van der Waals surface area contributed by atoms with E-state index in [1.54, 1.807) is 13.3 Å². The first-order valence-electron chi connectivity index (χ1n) is 8.68. The van der Waals surface area contributed by atoms with Crippen molar-refractivity contribution in [3.05, 3.63) is 59.7 Å². The summed E-state index contributed by atoms with van der Waals surface area (Å²) in [6.07, 6.45) is 1.62. The molecule has 0 aliphatic heterocycles. The van der Waals surface area contributed by atoms with Gasteiger partial charge in [0.05, 0.1) is 19.1 Å². The molecule has 0 radical (unpaired) electrons. The Kier molecular flexibility index (Phi) is 6.69. The summed E-state index contributed by atoms with van der Waals surface area (Å²) in [5.41, 5.74) is 5.39. The van der Waals surface area contributed by atoms with Crippen molar-refractivity contribution in [1.29, 1.82) is 0 Å². The summed E-state index contributed by atoms with van der Waals surface area (Å²) in [7, 11) is 1.61.